The number of benzene rings is 1. The Hall–Kier alpha value is -1.40. The number of sulfone groups is 1. The zero-order valence-corrected chi connectivity index (χ0v) is 13.4. The maximum absolute atomic E-state index is 12.1. The molecule has 0 atom stereocenters. The summed E-state index contributed by atoms with van der Waals surface area (Å²) < 4.78 is 24.1. The molecule has 1 N–H and O–H groups in total. The number of nitrogens with zero attached hydrogens (tertiary/aromatic N) is 1. The zero-order chi connectivity index (χ0) is 14.8. The van der Waals surface area contributed by atoms with Crippen molar-refractivity contribution in [1.82, 2.24) is 4.98 Å². The highest BCUT2D eigenvalue weighted by Gasteiger charge is 2.16. The molecule has 2 aromatic rings. The summed E-state index contributed by atoms with van der Waals surface area (Å²) in [5, 5.41) is 4.24. The first kappa shape index (κ1) is 15.0. The van der Waals surface area contributed by atoms with Crippen LogP contribution in [0.2, 0.25) is 0 Å². The molecule has 0 amide bonds. The highest BCUT2D eigenvalue weighted by molar-refractivity contribution is 7.91. The minimum atomic E-state index is -3.21. The van der Waals surface area contributed by atoms with Crippen LogP contribution in [0.4, 0.5) is 5.69 Å². The van der Waals surface area contributed by atoms with Crippen LogP contribution in [0, 0.1) is 13.8 Å². The fourth-order valence-corrected chi connectivity index (χ4v) is 3.90. The van der Waals surface area contributed by atoms with Gasteiger partial charge < -0.3 is 5.32 Å². The van der Waals surface area contributed by atoms with E-state index in [2.05, 4.69) is 10.3 Å². The molecule has 1 heterocycles. The normalized spacial score (nSPS) is 11.6. The van der Waals surface area contributed by atoms with Crippen LogP contribution in [0.3, 0.4) is 0 Å². The second-order valence-electron chi connectivity index (χ2n) is 4.49. The third kappa shape index (κ3) is 3.19. The van der Waals surface area contributed by atoms with E-state index in [1.807, 2.05) is 19.9 Å². The lowest BCUT2D eigenvalue weighted by Gasteiger charge is -2.11. The maximum Gasteiger partial charge on any atom is 0.180 e. The van der Waals surface area contributed by atoms with Gasteiger partial charge in [0.15, 0.2) is 9.84 Å². The van der Waals surface area contributed by atoms with Gasteiger partial charge in [0.25, 0.3) is 0 Å². The molecule has 0 unspecified atom stereocenters. The third-order valence-corrected chi connectivity index (χ3v) is 5.90. The Bertz CT molecular complexity index is 706. The van der Waals surface area contributed by atoms with E-state index in [0.717, 1.165) is 15.6 Å². The fourth-order valence-electron chi connectivity index (χ4n) is 1.95. The van der Waals surface area contributed by atoms with Crippen LogP contribution in [0.1, 0.15) is 22.5 Å². The highest BCUT2D eigenvalue weighted by atomic mass is 32.2. The number of thiazole rings is 1. The van der Waals surface area contributed by atoms with Crippen molar-refractivity contribution in [3.8, 4) is 0 Å². The van der Waals surface area contributed by atoms with Crippen molar-refractivity contribution in [1.29, 1.82) is 0 Å². The fraction of sp³-hybridized carbons (Fsp3) is 0.357. The van der Waals surface area contributed by atoms with Crippen molar-refractivity contribution in [2.45, 2.75) is 32.2 Å². The Morgan fingerprint density at radius 2 is 1.95 bits per heavy atom. The summed E-state index contributed by atoms with van der Waals surface area (Å²) in [6.45, 7) is 6.18. The molecule has 0 radical (unpaired) electrons. The Morgan fingerprint density at radius 1 is 1.25 bits per heavy atom. The Labute approximate surface area is 123 Å². The summed E-state index contributed by atoms with van der Waals surface area (Å²) in [5.74, 6) is 0.102. The molecule has 0 bridgehead atoms. The van der Waals surface area contributed by atoms with E-state index >= 15 is 0 Å². The molecule has 1 aromatic carbocycles. The summed E-state index contributed by atoms with van der Waals surface area (Å²) in [6.07, 6.45) is 0. The molecule has 1 aromatic heterocycles. The van der Waals surface area contributed by atoms with Crippen LogP contribution in [-0.4, -0.2) is 19.2 Å². The second kappa shape index (κ2) is 5.93. The number of rotatable bonds is 5. The molecule has 20 heavy (non-hydrogen) atoms. The molecule has 0 fully saturated rings. The molecular weight excluding hydrogens is 292 g/mol. The summed E-state index contributed by atoms with van der Waals surface area (Å²) in [5.41, 5.74) is 1.65. The van der Waals surface area contributed by atoms with Crippen LogP contribution in [-0.2, 0) is 16.4 Å². The van der Waals surface area contributed by atoms with Crippen molar-refractivity contribution in [3.05, 3.63) is 39.8 Å². The summed E-state index contributed by atoms with van der Waals surface area (Å²) >= 11 is 1.63. The van der Waals surface area contributed by atoms with E-state index < -0.39 is 9.84 Å². The molecule has 0 saturated carbocycles. The van der Waals surface area contributed by atoms with Crippen molar-refractivity contribution < 1.29 is 8.42 Å². The number of aromatic nitrogens is 1. The van der Waals surface area contributed by atoms with E-state index in [-0.39, 0.29) is 5.75 Å². The number of nitrogens with one attached hydrogen (secondary N) is 1. The SMILES string of the molecule is CCS(=O)(=O)c1ccccc1NCc1sc(C)nc1C. The first-order valence-corrected chi connectivity index (χ1v) is 8.89. The number of aryl methyl sites for hydroxylation is 2. The van der Waals surface area contributed by atoms with Crippen LogP contribution in [0.15, 0.2) is 29.2 Å². The maximum atomic E-state index is 12.1. The van der Waals surface area contributed by atoms with Gasteiger partial charge in [-0.05, 0) is 26.0 Å². The predicted octanol–water partition coefficient (Wildman–Crippen LogP) is 3.17. The van der Waals surface area contributed by atoms with Gasteiger partial charge in [-0.3, -0.25) is 0 Å². The summed E-state index contributed by atoms with van der Waals surface area (Å²) in [4.78, 5) is 5.86. The van der Waals surface area contributed by atoms with Gasteiger partial charge >= 0.3 is 0 Å². The van der Waals surface area contributed by atoms with Crippen molar-refractivity contribution in [2.24, 2.45) is 0 Å². The quantitative estimate of drug-likeness (QED) is 0.921. The van der Waals surface area contributed by atoms with Gasteiger partial charge in [0.2, 0.25) is 0 Å². The van der Waals surface area contributed by atoms with Crippen molar-refractivity contribution in [3.63, 3.8) is 0 Å². The zero-order valence-electron chi connectivity index (χ0n) is 11.8. The van der Waals surface area contributed by atoms with Gasteiger partial charge in [0.05, 0.1) is 33.6 Å². The smallest absolute Gasteiger partial charge is 0.180 e. The number of hydrogen-bond acceptors (Lipinski definition) is 5. The van der Waals surface area contributed by atoms with Gasteiger partial charge in [0, 0.05) is 4.88 Å². The van der Waals surface area contributed by atoms with Crippen molar-refractivity contribution >= 4 is 26.9 Å². The number of para-hydroxylation sites is 1. The van der Waals surface area contributed by atoms with Gasteiger partial charge in [-0.15, -0.1) is 11.3 Å². The lowest BCUT2D eigenvalue weighted by Crippen LogP contribution is -2.09. The second-order valence-corrected chi connectivity index (χ2v) is 8.03. The van der Waals surface area contributed by atoms with Crippen LogP contribution >= 0.6 is 11.3 Å². The topological polar surface area (TPSA) is 59.1 Å². The molecular formula is C14H18N2O2S2. The van der Waals surface area contributed by atoms with E-state index in [0.29, 0.717) is 17.1 Å². The minimum Gasteiger partial charge on any atom is -0.379 e. The number of hydrogen-bond donors (Lipinski definition) is 1. The van der Waals surface area contributed by atoms with Crippen molar-refractivity contribution in [2.75, 3.05) is 11.1 Å². The Morgan fingerprint density at radius 3 is 2.55 bits per heavy atom. The van der Waals surface area contributed by atoms with Gasteiger partial charge in [-0.25, -0.2) is 13.4 Å². The summed E-state index contributed by atoms with van der Waals surface area (Å²) in [6, 6.07) is 7.02. The molecule has 0 aliphatic rings. The molecule has 108 valence electrons. The standard InChI is InChI=1S/C14H18N2O2S2/c1-4-20(17,18)14-8-6-5-7-12(14)15-9-13-10(2)16-11(3)19-13/h5-8,15H,4,9H2,1-3H3. The van der Waals surface area contributed by atoms with Crippen LogP contribution < -0.4 is 5.32 Å². The molecule has 0 spiro atoms. The first-order chi connectivity index (χ1) is 9.44. The Kier molecular flexibility index (Phi) is 4.45. The average Bonchev–Trinajstić information content (AvgIpc) is 2.75. The van der Waals surface area contributed by atoms with E-state index in [9.17, 15) is 8.42 Å². The first-order valence-electron chi connectivity index (χ1n) is 6.42. The highest BCUT2D eigenvalue weighted by Crippen LogP contribution is 2.24. The van der Waals surface area contributed by atoms with Gasteiger partial charge in [-0.2, -0.15) is 0 Å². The third-order valence-electron chi connectivity index (χ3n) is 3.04. The van der Waals surface area contributed by atoms with Gasteiger partial charge in [0.1, 0.15) is 0 Å². The molecule has 2 rings (SSSR count). The summed E-state index contributed by atoms with van der Waals surface area (Å²) in [7, 11) is -3.21. The van der Waals surface area contributed by atoms with E-state index in [1.165, 1.54) is 0 Å². The molecule has 0 aliphatic heterocycles. The van der Waals surface area contributed by atoms with Crippen LogP contribution in [0.25, 0.3) is 0 Å². The largest absolute Gasteiger partial charge is 0.379 e. The lowest BCUT2D eigenvalue weighted by atomic mass is 10.3. The Balaban J connectivity index is 2.25. The lowest BCUT2D eigenvalue weighted by molar-refractivity contribution is 0.597. The van der Waals surface area contributed by atoms with Crippen LogP contribution in [0.5, 0.6) is 0 Å². The molecule has 6 heteroatoms. The van der Waals surface area contributed by atoms with E-state index in [1.54, 1.807) is 36.5 Å². The average molecular weight is 310 g/mol. The number of anilines is 1. The minimum absolute atomic E-state index is 0.102. The molecule has 0 saturated heterocycles. The molecule has 0 aliphatic carbocycles. The monoisotopic (exact) mass is 310 g/mol. The molecule has 4 nitrogen and oxygen atoms in total. The van der Waals surface area contributed by atoms with Gasteiger partial charge in [-0.1, -0.05) is 19.1 Å². The predicted molar refractivity (Wildman–Crippen MR) is 83.1 cm³/mol. The van der Waals surface area contributed by atoms with E-state index in [4.69, 9.17) is 0 Å².